The standard InChI is InChI=1S/C24H22N2O6/c1-2-7-20(21(27)26-13-24(31,14-26)22(28)29)25-23(30)32-12-19-17-10-5-3-8-15(17)16-9-4-6-11-18(16)19/h1,3-6,8-11,19-20,31H,7,12-14H2,(H,25,30)(H,28,29). The Bertz CT molecular complexity index is 1070. The van der Waals surface area contributed by atoms with E-state index < -0.39 is 29.6 Å². The maximum Gasteiger partial charge on any atom is 0.407 e. The minimum Gasteiger partial charge on any atom is -0.479 e. The van der Waals surface area contributed by atoms with E-state index in [2.05, 4.69) is 11.2 Å². The number of aliphatic hydroxyl groups is 1. The lowest BCUT2D eigenvalue weighted by Gasteiger charge is -2.44. The van der Waals surface area contributed by atoms with Crippen molar-refractivity contribution in [1.82, 2.24) is 10.2 Å². The highest BCUT2D eigenvalue weighted by molar-refractivity contribution is 5.90. The van der Waals surface area contributed by atoms with E-state index in [9.17, 15) is 19.5 Å². The molecule has 2 aromatic carbocycles. The van der Waals surface area contributed by atoms with Gasteiger partial charge in [0.1, 0.15) is 12.6 Å². The number of aliphatic carboxylic acids is 1. The third kappa shape index (κ3) is 3.79. The molecular weight excluding hydrogens is 412 g/mol. The molecule has 2 aliphatic rings. The van der Waals surface area contributed by atoms with Crippen LogP contribution in [0.4, 0.5) is 4.79 Å². The van der Waals surface area contributed by atoms with Gasteiger partial charge in [0.2, 0.25) is 5.91 Å². The first-order valence-corrected chi connectivity index (χ1v) is 10.1. The Morgan fingerprint density at radius 1 is 1.12 bits per heavy atom. The second-order valence-corrected chi connectivity index (χ2v) is 7.96. The molecule has 164 valence electrons. The van der Waals surface area contributed by atoms with Crippen molar-refractivity contribution in [2.24, 2.45) is 0 Å². The molecule has 2 amide bonds. The number of terminal acetylenes is 1. The fraction of sp³-hybridized carbons (Fsp3) is 0.292. The third-order valence-corrected chi connectivity index (χ3v) is 5.87. The molecular formula is C24H22N2O6. The third-order valence-electron chi connectivity index (χ3n) is 5.87. The first-order valence-electron chi connectivity index (χ1n) is 10.1. The highest BCUT2D eigenvalue weighted by atomic mass is 16.5. The van der Waals surface area contributed by atoms with Crippen molar-refractivity contribution in [3.05, 3.63) is 59.7 Å². The molecule has 2 aromatic rings. The lowest BCUT2D eigenvalue weighted by atomic mass is 9.93. The summed E-state index contributed by atoms with van der Waals surface area (Å²) < 4.78 is 5.44. The number of β-amino-alcohol motifs (C(OH)–C–C–N with tert-alkyl or cyclic N) is 1. The van der Waals surface area contributed by atoms with E-state index >= 15 is 0 Å². The molecule has 1 unspecified atom stereocenters. The van der Waals surface area contributed by atoms with Crippen LogP contribution < -0.4 is 5.32 Å². The van der Waals surface area contributed by atoms with Gasteiger partial charge in [0.25, 0.3) is 0 Å². The molecule has 1 fully saturated rings. The number of likely N-dealkylation sites (tertiary alicyclic amines) is 1. The van der Waals surface area contributed by atoms with Crippen LogP contribution in [0.15, 0.2) is 48.5 Å². The number of alkyl carbamates (subject to hydrolysis) is 1. The molecule has 1 saturated heterocycles. The van der Waals surface area contributed by atoms with E-state index in [0.29, 0.717) is 0 Å². The van der Waals surface area contributed by atoms with Crippen LogP contribution in [0, 0.1) is 12.3 Å². The summed E-state index contributed by atoms with van der Waals surface area (Å²) in [5.41, 5.74) is 2.35. The zero-order valence-corrected chi connectivity index (χ0v) is 17.2. The van der Waals surface area contributed by atoms with E-state index in [-0.39, 0.29) is 32.0 Å². The van der Waals surface area contributed by atoms with Crippen LogP contribution in [0.1, 0.15) is 23.5 Å². The Balaban J connectivity index is 1.39. The van der Waals surface area contributed by atoms with Crippen molar-refractivity contribution in [2.45, 2.75) is 24.0 Å². The number of benzene rings is 2. The topological polar surface area (TPSA) is 116 Å². The molecule has 8 heteroatoms. The highest BCUT2D eigenvalue weighted by Crippen LogP contribution is 2.44. The summed E-state index contributed by atoms with van der Waals surface area (Å²) in [5, 5.41) is 21.3. The van der Waals surface area contributed by atoms with E-state index in [1.807, 2.05) is 48.5 Å². The molecule has 0 spiro atoms. The molecule has 0 radical (unpaired) electrons. The maximum atomic E-state index is 12.6. The van der Waals surface area contributed by atoms with Crippen LogP contribution in [0.5, 0.6) is 0 Å². The van der Waals surface area contributed by atoms with Gasteiger partial charge in [0, 0.05) is 12.3 Å². The Kier molecular flexibility index (Phi) is 5.59. The summed E-state index contributed by atoms with van der Waals surface area (Å²) in [5.74, 6) is 0.228. The predicted molar refractivity (Wildman–Crippen MR) is 115 cm³/mol. The average molecular weight is 434 g/mol. The van der Waals surface area contributed by atoms with Crippen LogP contribution in [0.25, 0.3) is 11.1 Å². The minimum atomic E-state index is -1.97. The Labute approximate surface area is 184 Å². The monoisotopic (exact) mass is 434 g/mol. The van der Waals surface area contributed by atoms with E-state index in [4.69, 9.17) is 16.3 Å². The maximum absolute atomic E-state index is 12.6. The summed E-state index contributed by atoms with van der Waals surface area (Å²) in [6.07, 6.45) is 4.44. The predicted octanol–water partition coefficient (Wildman–Crippen LogP) is 1.57. The van der Waals surface area contributed by atoms with Gasteiger partial charge in [-0.3, -0.25) is 4.79 Å². The molecule has 8 nitrogen and oxygen atoms in total. The second kappa shape index (κ2) is 8.36. The SMILES string of the molecule is C#CCC(NC(=O)OCC1c2ccccc2-c2ccccc21)C(=O)N1CC(O)(C(=O)O)C1. The van der Waals surface area contributed by atoms with Crippen LogP contribution >= 0.6 is 0 Å². The van der Waals surface area contributed by atoms with E-state index in [1.54, 1.807) is 0 Å². The number of carbonyl (C=O) groups is 3. The number of carboxylic acid groups (broad SMARTS) is 1. The fourth-order valence-corrected chi connectivity index (χ4v) is 4.20. The number of ether oxygens (including phenoxy) is 1. The molecule has 0 aromatic heterocycles. The lowest BCUT2D eigenvalue weighted by Crippen LogP contribution is -2.69. The van der Waals surface area contributed by atoms with Crippen LogP contribution in [-0.2, 0) is 14.3 Å². The molecule has 1 aliphatic carbocycles. The van der Waals surface area contributed by atoms with Crippen molar-refractivity contribution in [1.29, 1.82) is 0 Å². The quantitative estimate of drug-likeness (QED) is 0.595. The average Bonchev–Trinajstić information content (AvgIpc) is 3.08. The summed E-state index contributed by atoms with van der Waals surface area (Å²) in [7, 11) is 0. The molecule has 0 saturated carbocycles. The fourth-order valence-electron chi connectivity index (χ4n) is 4.20. The van der Waals surface area contributed by atoms with Crippen molar-refractivity contribution < 1.29 is 29.3 Å². The molecule has 0 bridgehead atoms. The van der Waals surface area contributed by atoms with Gasteiger partial charge in [-0.15, -0.1) is 12.3 Å². The zero-order chi connectivity index (χ0) is 22.9. The summed E-state index contributed by atoms with van der Waals surface area (Å²) in [6, 6.07) is 14.8. The van der Waals surface area contributed by atoms with Crippen LogP contribution in [-0.4, -0.2) is 64.4 Å². The van der Waals surface area contributed by atoms with Crippen LogP contribution in [0.3, 0.4) is 0 Å². The minimum absolute atomic E-state index is 0.0826. The van der Waals surface area contributed by atoms with E-state index in [1.165, 1.54) is 0 Å². The summed E-state index contributed by atoms with van der Waals surface area (Å²) >= 11 is 0. The number of rotatable bonds is 6. The molecule has 3 N–H and O–H groups in total. The molecule has 1 heterocycles. The number of hydrogen-bond acceptors (Lipinski definition) is 5. The molecule has 1 atom stereocenters. The second-order valence-electron chi connectivity index (χ2n) is 7.96. The number of nitrogens with zero attached hydrogens (tertiary/aromatic N) is 1. The van der Waals surface area contributed by atoms with Crippen LogP contribution in [0.2, 0.25) is 0 Å². The molecule has 4 rings (SSSR count). The Morgan fingerprint density at radius 3 is 2.22 bits per heavy atom. The van der Waals surface area contributed by atoms with Crippen molar-refractivity contribution in [2.75, 3.05) is 19.7 Å². The van der Waals surface area contributed by atoms with Gasteiger partial charge < -0.3 is 25.2 Å². The van der Waals surface area contributed by atoms with Crippen molar-refractivity contribution >= 4 is 18.0 Å². The number of fused-ring (bicyclic) bond motifs is 3. The number of amides is 2. The van der Waals surface area contributed by atoms with Crippen molar-refractivity contribution in [3.8, 4) is 23.5 Å². The number of nitrogens with one attached hydrogen (secondary N) is 1. The molecule has 32 heavy (non-hydrogen) atoms. The largest absolute Gasteiger partial charge is 0.479 e. The van der Waals surface area contributed by atoms with Gasteiger partial charge in [-0.05, 0) is 22.3 Å². The normalized spacial score (nSPS) is 16.7. The lowest BCUT2D eigenvalue weighted by molar-refractivity contribution is -0.182. The van der Waals surface area contributed by atoms with Gasteiger partial charge in [-0.2, -0.15) is 0 Å². The van der Waals surface area contributed by atoms with Gasteiger partial charge in [-0.25, -0.2) is 9.59 Å². The smallest absolute Gasteiger partial charge is 0.407 e. The number of carboxylic acids is 1. The number of carbonyl (C=O) groups excluding carboxylic acids is 2. The molecule has 1 aliphatic heterocycles. The van der Waals surface area contributed by atoms with Crippen molar-refractivity contribution in [3.63, 3.8) is 0 Å². The van der Waals surface area contributed by atoms with Gasteiger partial charge in [0.05, 0.1) is 13.1 Å². The van der Waals surface area contributed by atoms with Gasteiger partial charge in [0.15, 0.2) is 5.60 Å². The highest BCUT2D eigenvalue weighted by Gasteiger charge is 2.51. The first-order chi connectivity index (χ1) is 15.3. The van der Waals surface area contributed by atoms with Gasteiger partial charge in [-0.1, -0.05) is 48.5 Å². The summed E-state index contributed by atoms with van der Waals surface area (Å²) in [6.45, 7) is -0.650. The summed E-state index contributed by atoms with van der Waals surface area (Å²) in [4.78, 5) is 37.2. The van der Waals surface area contributed by atoms with Gasteiger partial charge >= 0.3 is 12.1 Å². The zero-order valence-electron chi connectivity index (χ0n) is 17.2. The Hall–Kier alpha value is -3.83. The first kappa shape index (κ1) is 21.4. The number of hydrogen-bond donors (Lipinski definition) is 3. The van der Waals surface area contributed by atoms with E-state index in [0.717, 1.165) is 27.2 Å². The Morgan fingerprint density at radius 2 is 1.69 bits per heavy atom.